The van der Waals surface area contributed by atoms with Crippen LogP contribution in [0.15, 0.2) is 82.4 Å². The summed E-state index contributed by atoms with van der Waals surface area (Å²) in [4.78, 5) is 18.9. The second-order valence-corrected chi connectivity index (χ2v) is 11.7. The summed E-state index contributed by atoms with van der Waals surface area (Å²) in [6.07, 6.45) is 1.13. The predicted molar refractivity (Wildman–Crippen MR) is 133 cm³/mol. The van der Waals surface area contributed by atoms with Crippen LogP contribution in [0.5, 0.6) is 0 Å². The third kappa shape index (κ3) is 4.37. The van der Waals surface area contributed by atoms with Crippen molar-refractivity contribution in [2.24, 2.45) is 0 Å². The van der Waals surface area contributed by atoms with Crippen LogP contribution >= 0.6 is 22.7 Å². The predicted octanol–water partition coefficient (Wildman–Crippen LogP) is 5.33. The maximum absolute atomic E-state index is 13.2. The van der Waals surface area contributed by atoms with E-state index in [0.717, 1.165) is 33.0 Å². The van der Waals surface area contributed by atoms with Crippen molar-refractivity contribution in [2.45, 2.75) is 23.1 Å². The number of carbonyl (C=O) groups excluding carboxylic acids is 1. The van der Waals surface area contributed by atoms with Crippen molar-refractivity contribution in [3.63, 3.8) is 0 Å². The molecule has 3 heterocycles. The highest BCUT2D eigenvalue weighted by Gasteiger charge is 2.40. The molecule has 168 valence electrons. The Hall–Kier alpha value is -2.85. The Labute approximate surface area is 200 Å². The molecule has 0 aliphatic carbocycles. The first-order chi connectivity index (χ1) is 16.0. The summed E-state index contributed by atoms with van der Waals surface area (Å²) in [6, 6.07) is 22.3. The van der Waals surface area contributed by atoms with E-state index in [1.165, 1.54) is 15.6 Å². The van der Waals surface area contributed by atoms with Gasteiger partial charge in [-0.25, -0.2) is 13.4 Å². The largest absolute Gasteiger partial charge is 0.301 e. The van der Waals surface area contributed by atoms with Crippen molar-refractivity contribution >= 4 is 43.7 Å². The molecule has 0 radical (unpaired) electrons. The van der Waals surface area contributed by atoms with Gasteiger partial charge in [-0.05, 0) is 29.9 Å². The van der Waals surface area contributed by atoms with Gasteiger partial charge < -0.3 is 5.32 Å². The summed E-state index contributed by atoms with van der Waals surface area (Å²) < 4.78 is 27.6. The molecule has 0 saturated carbocycles. The Kier molecular flexibility index (Phi) is 6.11. The lowest BCUT2D eigenvalue weighted by Crippen LogP contribution is -2.42. The molecule has 0 spiro atoms. The molecule has 1 aliphatic rings. The molecule has 1 fully saturated rings. The van der Waals surface area contributed by atoms with E-state index in [0.29, 0.717) is 24.5 Å². The minimum Gasteiger partial charge on any atom is -0.301 e. The Morgan fingerprint density at radius 3 is 2.33 bits per heavy atom. The first kappa shape index (κ1) is 22.0. The number of carbonyl (C=O) groups is 1. The highest BCUT2D eigenvalue weighted by molar-refractivity contribution is 7.91. The average Bonchev–Trinajstić information content (AvgIpc) is 3.61. The smallest absolute Gasteiger partial charge is 0.253 e. The fourth-order valence-corrected chi connectivity index (χ4v) is 7.73. The Bertz CT molecular complexity index is 1290. The number of hydrogen-bond donors (Lipinski definition) is 1. The van der Waals surface area contributed by atoms with Crippen LogP contribution in [0.25, 0.3) is 21.7 Å². The standard InChI is InChI=1S/C24H21N3O3S3/c28-23(19-13-7-15-27(19)33(29,30)20-14-8-16-31-20)26-24-25-21(17-9-3-1-4-10-17)22(32-24)18-11-5-2-6-12-18/h1-6,8-12,14,16,19H,7,13,15H2,(H,25,26,28). The minimum absolute atomic E-state index is 0.258. The second-order valence-electron chi connectivity index (χ2n) is 7.62. The molecule has 9 heteroatoms. The average molecular weight is 496 g/mol. The summed E-state index contributed by atoms with van der Waals surface area (Å²) >= 11 is 2.56. The zero-order valence-corrected chi connectivity index (χ0v) is 20.0. The third-order valence-electron chi connectivity index (χ3n) is 5.50. The molecular weight excluding hydrogens is 474 g/mol. The summed E-state index contributed by atoms with van der Waals surface area (Å²) in [7, 11) is -3.70. The molecule has 1 atom stereocenters. The van der Waals surface area contributed by atoms with Gasteiger partial charge in [-0.3, -0.25) is 4.79 Å². The van der Waals surface area contributed by atoms with Crippen LogP contribution in [0.1, 0.15) is 12.8 Å². The summed E-state index contributed by atoms with van der Waals surface area (Å²) in [5.74, 6) is -0.347. The number of amides is 1. The van der Waals surface area contributed by atoms with Gasteiger partial charge in [0, 0.05) is 12.1 Å². The van der Waals surface area contributed by atoms with Gasteiger partial charge in [-0.2, -0.15) is 4.31 Å². The number of benzene rings is 2. The molecule has 1 amide bonds. The number of nitrogens with one attached hydrogen (secondary N) is 1. The molecule has 6 nitrogen and oxygen atoms in total. The Balaban J connectivity index is 1.45. The Morgan fingerprint density at radius 1 is 0.970 bits per heavy atom. The molecule has 1 unspecified atom stereocenters. The van der Waals surface area contributed by atoms with Gasteiger partial charge in [0.05, 0.1) is 10.6 Å². The van der Waals surface area contributed by atoms with E-state index in [2.05, 4.69) is 5.32 Å². The first-order valence-electron chi connectivity index (χ1n) is 10.5. The lowest BCUT2D eigenvalue weighted by atomic mass is 10.1. The van der Waals surface area contributed by atoms with Gasteiger partial charge in [0.25, 0.3) is 10.0 Å². The van der Waals surface area contributed by atoms with E-state index in [9.17, 15) is 13.2 Å². The molecule has 4 aromatic rings. The highest BCUT2D eigenvalue weighted by Crippen LogP contribution is 2.39. The fraction of sp³-hybridized carbons (Fsp3) is 0.167. The van der Waals surface area contributed by atoms with E-state index in [4.69, 9.17) is 4.98 Å². The highest BCUT2D eigenvalue weighted by atomic mass is 32.2. The molecule has 0 bridgehead atoms. The van der Waals surface area contributed by atoms with Crippen LogP contribution in [-0.4, -0.2) is 36.2 Å². The minimum atomic E-state index is -3.70. The van der Waals surface area contributed by atoms with Gasteiger partial charge in [0.2, 0.25) is 5.91 Å². The number of rotatable bonds is 6. The molecular formula is C24H21N3O3S3. The summed E-state index contributed by atoms with van der Waals surface area (Å²) in [5.41, 5.74) is 2.75. The van der Waals surface area contributed by atoms with E-state index < -0.39 is 16.1 Å². The SMILES string of the molecule is O=C(Nc1nc(-c2ccccc2)c(-c2ccccc2)s1)C1CCCN1S(=O)(=O)c1cccs1. The van der Waals surface area contributed by atoms with E-state index in [1.54, 1.807) is 17.5 Å². The number of thiazole rings is 1. The normalized spacial score (nSPS) is 16.7. The summed E-state index contributed by atoms with van der Waals surface area (Å²) in [6.45, 7) is 0.334. The lowest BCUT2D eigenvalue weighted by molar-refractivity contribution is -0.119. The van der Waals surface area contributed by atoms with E-state index >= 15 is 0 Å². The molecule has 1 N–H and O–H groups in total. The zero-order chi connectivity index (χ0) is 22.8. The zero-order valence-electron chi connectivity index (χ0n) is 17.5. The first-order valence-corrected chi connectivity index (χ1v) is 13.7. The van der Waals surface area contributed by atoms with Crippen LogP contribution in [0, 0.1) is 0 Å². The number of anilines is 1. The molecule has 1 aliphatic heterocycles. The van der Waals surface area contributed by atoms with Crippen molar-refractivity contribution in [1.29, 1.82) is 0 Å². The van der Waals surface area contributed by atoms with Gasteiger partial charge >= 0.3 is 0 Å². The number of sulfonamides is 1. The number of aromatic nitrogens is 1. The maximum atomic E-state index is 13.2. The quantitative estimate of drug-likeness (QED) is 0.392. The van der Waals surface area contributed by atoms with Crippen molar-refractivity contribution < 1.29 is 13.2 Å². The topological polar surface area (TPSA) is 79.4 Å². The molecule has 33 heavy (non-hydrogen) atoms. The number of hydrogen-bond acceptors (Lipinski definition) is 6. The van der Waals surface area contributed by atoms with Crippen LogP contribution in [0.2, 0.25) is 0 Å². The maximum Gasteiger partial charge on any atom is 0.253 e. The number of thiophene rings is 1. The third-order valence-corrected chi connectivity index (χ3v) is 9.81. The van der Waals surface area contributed by atoms with Gasteiger partial charge in [0.1, 0.15) is 10.3 Å². The van der Waals surface area contributed by atoms with Gasteiger partial charge in [0.15, 0.2) is 5.13 Å². The lowest BCUT2D eigenvalue weighted by Gasteiger charge is -2.22. The molecule has 2 aromatic carbocycles. The monoisotopic (exact) mass is 495 g/mol. The van der Waals surface area contributed by atoms with Crippen molar-refractivity contribution in [3.05, 3.63) is 78.2 Å². The van der Waals surface area contributed by atoms with E-state index in [-0.39, 0.29) is 10.1 Å². The number of nitrogens with zero attached hydrogens (tertiary/aromatic N) is 2. The van der Waals surface area contributed by atoms with Gasteiger partial charge in [-0.15, -0.1) is 11.3 Å². The Morgan fingerprint density at radius 2 is 1.67 bits per heavy atom. The summed E-state index contributed by atoms with van der Waals surface area (Å²) in [5, 5.41) is 5.08. The fourth-order valence-electron chi connectivity index (χ4n) is 3.95. The van der Waals surface area contributed by atoms with Crippen molar-refractivity contribution in [1.82, 2.24) is 9.29 Å². The second kappa shape index (κ2) is 9.18. The molecule has 5 rings (SSSR count). The van der Waals surface area contributed by atoms with Crippen LogP contribution < -0.4 is 5.32 Å². The van der Waals surface area contributed by atoms with Crippen LogP contribution in [-0.2, 0) is 14.8 Å². The van der Waals surface area contributed by atoms with Crippen LogP contribution in [0.4, 0.5) is 5.13 Å². The van der Waals surface area contributed by atoms with Crippen LogP contribution in [0.3, 0.4) is 0 Å². The van der Waals surface area contributed by atoms with Crippen molar-refractivity contribution in [3.8, 4) is 21.7 Å². The van der Waals surface area contributed by atoms with Gasteiger partial charge in [-0.1, -0.05) is 78.1 Å². The van der Waals surface area contributed by atoms with Crippen molar-refractivity contribution in [2.75, 3.05) is 11.9 Å². The molecule has 2 aromatic heterocycles. The van der Waals surface area contributed by atoms with E-state index in [1.807, 2.05) is 60.7 Å². The molecule has 1 saturated heterocycles.